The first-order valence-electron chi connectivity index (χ1n) is 10.5. The summed E-state index contributed by atoms with van der Waals surface area (Å²) in [5, 5.41) is 5.78. The first-order chi connectivity index (χ1) is 15.4. The highest BCUT2D eigenvalue weighted by Gasteiger charge is 2.35. The summed E-state index contributed by atoms with van der Waals surface area (Å²) in [7, 11) is 0. The standard InChI is InChI=1S/C23H23N5O2S2/c1-13-5-4-6-16(11-13)18-20(32-15(3)26-18)22(30)27-8-7-17(27)12-24-21(29)19-14(2)25-23-28(19)9-10-31-23/h4-6,9-11,17H,7-8,12H2,1-3H3,(H,24,29). The predicted molar refractivity (Wildman–Crippen MR) is 127 cm³/mol. The summed E-state index contributed by atoms with van der Waals surface area (Å²) in [6.07, 6.45) is 2.72. The van der Waals surface area contributed by atoms with E-state index in [0.29, 0.717) is 29.4 Å². The Kier molecular flexibility index (Phi) is 5.30. The van der Waals surface area contributed by atoms with Crippen LogP contribution in [0.3, 0.4) is 0 Å². The molecule has 3 aromatic heterocycles. The van der Waals surface area contributed by atoms with Gasteiger partial charge >= 0.3 is 0 Å². The smallest absolute Gasteiger partial charge is 0.270 e. The molecule has 7 nitrogen and oxygen atoms in total. The van der Waals surface area contributed by atoms with E-state index < -0.39 is 0 Å². The predicted octanol–water partition coefficient (Wildman–Crippen LogP) is 4.09. The van der Waals surface area contributed by atoms with Gasteiger partial charge in [0.15, 0.2) is 4.96 Å². The van der Waals surface area contributed by atoms with Crippen LogP contribution in [0.5, 0.6) is 0 Å². The zero-order chi connectivity index (χ0) is 22.4. The Morgan fingerprint density at radius 3 is 2.81 bits per heavy atom. The van der Waals surface area contributed by atoms with E-state index in [2.05, 4.69) is 21.4 Å². The molecule has 0 spiro atoms. The number of benzene rings is 1. The highest BCUT2D eigenvalue weighted by atomic mass is 32.1. The first kappa shape index (κ1) is 20.8. The highest BCUT2D eigenvalue weighted by molar-refractivity contribution is 7.15. The van der Waals surface area contributed by atoms with Crippen LogP contribution in [0.25, 0.3) is 16.2 Å². The van der Waals surface area contributed by atoms with Gasteiger partial charge in [0.25, 0.3) is 11.8 Å². The van der Waals surface area contributed by atoms with Gasteiger partial charge in [-0.05, 0) is 33.3 Å². The Balaban J connectivity index is 1.31. The zero-order valence-electron chi connectivity index (χ0n) is 18.1. The lowest BCUT2D eigenvalue weighted by Crippen LogP contribution is -2.55. The average Bonchev–Trinajstić information content (AvgIpc) is 3.41. The summed E-state index contributed by atoms with van der Waals surface area (Å²) in [6.45, 7) is 6.90. The maximum absolute atomic E-state index is 13.4. The fourth-order valence-electron chi connectivity index (χ4n) is 4.07. The van der Waals surface area contributed by atoms with Gasteiger partial charge in [0.05, 0.1) is 22.4 Å². The number of carbonyl (C=O) groups excluding carboxylic acids is 2. The number of nitrogens with zero attached hydrogens (tertiary/aromatic N) is 4. The number of amides is 2. The summed E-state index contributed by atoms with van der Waals surface area (Å²) in [5.41, 5.74) is 4.09. The second-order valence-electron chi connectivity index (χ2n) is 8.03. The number of rotatable bonds is 5. The molecular weight excluding hydrogens is 442 g/mol. The number of nitrogens with one attached hydrogen (secondary N) is 1. The molecule has 164 valence electrons. The van der Waals surface area contributed by atoms with Gasteiger partial charge in [-0.3, -0.25) is 14.0 Å². The van der Waals surface area contributed by atoms with Crippen LogP contribution in [-0.4, -0.2) is 50.2 Å². The van der Waals surface area contributed by atoms with Gasteiger partial charge in [-0.1, -0.05) is 23.8 Å². The number of aromatic nitrogens is 3. The summed E-state index contributed by atoms with van der Waals surface area (Å²) in [4.78, 5) is 38.6. The molecule has 4 aromatic rings. The number of hydrogen-bond acceptors (Lipinski definition) is 6. The van der Waals surface area contributed by atoms with Gasteiger partial charge in [0.2, 0.25) is 0 Å². The first-order valence-corrected chi connectivity index (χ1v) is 12.2. The number of aryl methyl sites for hydroxylation is 3. The maximum Gasteiger partial charge on any atom is 0.270 e. The third-order valence-corrected chi connectivity index (χ3v) is 7.49. The molecule has 1 N–H and O–H groups in total. The number of carbonyl (C=O) groups is 2. The Morgan fingerprint density at radius 1 is 1.22 bits per heavy atom. The molecule has 1 atom stereocenters. The molecule has 1 saturated heterocycles. The normalized spacial score (nSPS) is 15.7. The number of fused-ring (bicyclic) bond motifs is 1. The lowest BCUT2D eigenvalue weighted by atomic mass is 10.0. The van der Waals surface area contributed by atoms with Gasteiger partial charge in [0, 0.05) is 30.2 Å². The van der Waals surface area contributed by atoms with Crippen molar-refractivity contribution in [3.05, 3.63) is 62.7 Å². The summed E-state index contributed by atoms with van der Waals surface area (Å²) < 4.78 is 1.81. The van der Waals surface area contributed by atoms with Crippen LogP contribution in [0.1, 0.15) is 42.8 Å². The van der Waals surface area contributed by atoms with E-state index >= 15 is 0 Å². The van der Waals surface area contributed by atoms with E-state index in [4.69, 9.17) is 0 Å². The fraction of sp³-hybridized carbons (Fsp3) is 0.304. The Morgan fingerprint density at radius 2 is 2.06 bits per heavy atom. The van der Waals surface area contributed by atoms with Crippen LogP contribution in [-0.2, 0) is 0 Å². The fourth-order valence-corrected chi connectivity index (χ4v) is 5.73. The maximum atomic E-state index is 13.4. The lowest BCUT2D eigenvalue weighted by Gasteiger charge is -2.41. The van der Waals surface area contributed by atoms with E-state index in [9.17, 15) is 9.59 Å². The van der Waals surface area contributed by atoms with Crippen molar-refractivity contribution < 1.29 is 9.59 Å². The number of likely N-dealkylation sites (tertiary alicyclic amines) is 1. The van der Waals surface area contributed by atoms with Crippen molar-refractivity contribution in [3.8, 4) is 11.3 Å². The summed E-state index contributed by atoms with van der Waals surface area (Å²) >= 11 is 2.93. The van der Waals surface area contributed by atoms with E-state index in [-0.39, 0.29) is 17.9 Å². The second-order valence-corrected chi connectivity index (χ2v) is 10.1. The van der Waals surface area contributed by atoms with Crippen LogP contribution in [0.2, 0.25) is 0 Å². The molecule has 1 fully saturated rings. The van der Waals surface area contributed by atoms with Gasteiger partial charge in [-0.15, -0.1) is 22.7 Å². The van der Waals surface area contributed by atoms with Crippen LogP contribution in [0, 0.1) is 20.8 Å². The third kappa shape index (κ3) is 3.61. The molecule has 5 rings (SSSR count). The van der Waals surface area contributed by atoms with Crippen LogP contribution >= 0.6 is 22.7 Å². The van der Waals surface area contributed by atoms with Crippen LogP contribution in [0.4, 0.5) is 0 Å². The molecule has 9 heteroatoms. The SMILES string of the molecule is Cc1cccc(-c2nc(C)sc2C(=O)N2CCC2CNC(=O)c2c(C)nc3sccn23)c1. The van der Waals surface area contributed by atoms with Crippen molar-refractivity contribution in [3.63, 3.8) is 0 Å². The minimum Gasteiger partial charge on any atom is -0.349 e. The zero-order valence-corrected chi connectivity index (χ0v) is 19.7. The molecule has 0 saturated carbocycles. The van der Waals surface area contributed by atoms with Crippen LogP contribution < -0.4 is 5.32 Å². The van der Waals surface area contributed by atoms with Gasteiger partial charge in [-0.25, -0.2) is 9.97 Å². The highest BCUT2D eigenvalue weighted by Crippen LogP contribution is 2.32. The van der Waals surface area contributed by atoms with Gasteiger partial charge in [-0.2, -0.15) is 0 Å². The molecule has 0 bridgehead atoms. The molecule has 1 aromatic carbocycles. The molecular formula is C23H23N5O2S2. The van der Waals surface area contributed by atoms with Crippen molar-refractivity contribution >= 4 is 39.4 Å². The minimum absolute atomic E-state index is 0.0154. The quantitative estimate of drug-likeness (QED) is 0.482. The Bertz CT molecular complexity index is 1340. The number of imidazole rings is 1. The monoisotopic (exact) mass is 465 g/mol. The molecule has 1 unspecified atom stereocenters. The topological polar surface area (TPSA) is 79.6 Å². The van der Waals surface area contributed by atoms with Crippen LogP contribution in [0.15, 0.2) is 35.8 Å². The molecule has 4 heterocycles. The third-order valence-electron chi connectivity index (χ3n) is 5.77. The summed E-state index contributed by atoms with van der Waals surface area (Å²) in [5.74, 6) is -0.180. The van der Waals surface area contributed by atoms with Crippen molar-refractivity contribution in [1.29, 1.82) is 0 Å². The number of thiazole rings is 2. The van der Waals surface area contributed by atoms with E-state index in [1.165, 1.54) is 22.7 Å². The lowest BCUT2D eigenvalue weighted by molar-refractivity contribution is 0.0461. The van der Waals surface area contributed by atoms with Crippen molar-refractivity contribution in [1.82, 2.24) is 24.6 Å². The van der Waals surface area contributed by atoms with E-state index in [1.807, 2.05) is 59.8 Å². The van der Waals surface area contributed by atoms with Crippen molar-refractivity contribution in [2.45, 2.75) is 33.2 Å². The molecule has 1 aliphatic rings. The second kappa shape index (κ2) is 8.14. The Labute approximate surface area is 193 Å². The van der Waals surface area contributed by atoms with E-state index in [0.717, 1.165) is 33.2 Å². The van der Waals surface area contributed by atoms with Crippen molar-refractivity contribution in [2.75, 3.05) is 13.1 Å². The average molecular weight is 466 g/mol. The van der Waals surface area contributed by atoms with Gasteiger partial charge in [0.1, 0.15) is 10.6 Å². The largest absolute Gasteiger partial charge is 0.349 e. The van der Waals surface area contributed by atoms with Crippen molar-refractivity contribution in [2.24, 2.45) is 0 Å². The number of hydrogen-bond donors (Lipinski definition) is 1. The molecule has 2 amide bonds. The molecule has 0 radical (unpaired) electrons. The minimum atomic E-state index is -0.165. The summed E-state index contributed by atoms with van der Waals surface area (Å²) in [6, 6.07) is 8.04. The molecule has 0 aliphatic carbocycles. The Hall–Kier alpha value is -3.04. The molecule has 1 aliphatic heterocycles. The van der Waals surface area contributed by atoms with E-state index in [1.54, 1.807) is 0 Å². The molecule has 32 heavy (non-hydrogen) atoms. The van der Waals surface area contributed by atoms with Gasteiger partial charge < -0.3 is 10.2 Å².